The SMILES string of the molecule is CCC(C)(C)N(C)C(CC)(CN)C1CC1. The van der Waals surface area contributed by atoms with Gasteiger partial charge in [0.1, 0.15) is 0 Å². The van der Waals surface area contributed by atoms with E-state index in [2.05, 4.69) is 39.6 Å². The first-order chi connectivity index (χ1) is 6.94. The van der Waals surface area contributed by atoms with E-state index in [1.54, 1.807) is 0 Å². The molecular formula is C13H28N2. The van der Waals surface area contributed by atoms with Crippen molar-refractivity contribution in [2.24, 2.45) is 11.7 Å². The van der Waals surface area contributed by atoms with Crippen LogP contribution in [0.4, 0.5) is 0 Å². The van der Waals surface area contributed by atoms with Gasteiger partial charge in [-0.1, -0.05) is 13.8 Å². The van der Waals surface area contributed by atoms with Crippen LogP contribution in [0.1, 0.15) is 53.4 Å². The van der Waals surface area contributed by atoms with Crippen molar-refractivity contribution >= 4 is 0 Å². The first kappa shape index (κ1) is 13.0. The monoisotopic (exact) mass is 212 g/mol. The molecule has 0 aromatic carbocycles. The fourth-order valence-electron chi connectivity index (χ4n) is 2.71. The van der Waals surface area contributed by atoms with Gasteiger partial charge in [-0.3, -0.25) is 4.90 Å². The normalized spacial score (nSPS) is 21.8. The van der Waals surface area contributed by atoms with Crippen molar-refractivity contribution in [2.75, 3.05) is 13.6 Å². The lowest BCUT2D eigenvalue weighted by Gasteiger charge is -2.50. The lowest BCUT2D eigenvalue weighted by Crippen LogP contribution is -2.60. The Labute approximate surface area is 95.2 Å². The highest BCUT2D eigenvalue weighted by atomic mass is 15.2. The summed E-state index contributed by atoms with van der Waals surface area (Å²) in [7, 11) is 2.26. The zero-order valence-corrected chi connectivity index (χ0v) is 11.1. The Hall–Kier alpha value is -0.0800. The molecule has 0 spiro atoms. The van der Waals surface area contributed by atoms with Gasteiger partial charge in [-0.2, -0.15) is 0 Å². The quantitative estimate of drug-likeness (QED) is 0.733. The molecule has 0 heterocycles. The van der Waals surface area contributed by atoms with Gasteiger partial charge in [-0.05, 0) is 52.5 Å². The van der Waals surface area contributed by atoms with Crippen LogP contribution in [-0.2, 0) is 0 Å². The molecule has 0 saturated heterocycles. The molecule has 15 heavy (non-hydrogen) atoms. The topological polar surface area (TPSA) is 29.3 Å². The van der Waals surface area contributed by atoms with E-state index in [0.717, 1.165) is 12.5 Å². The van der Waals surface area contributed by atoms with Crippen LogP contribution in [0, 0.1) is 5.92 Å². The van der Waals surface area contributed by atoms with Gasteiger partial charge in [-0.25, -0.2) is 0 Å². The van der Waals surface area contributed by atoms with E-state index in [1.165, 1.54) is 25.7 Å². The zero-order chi connectivity index (χ0) is 11.7. The van der Waals surface area contributed by atoms with Gasteiger partial charge >= 0.3 is 0 Å². The summed E-state index contributed by atoms with van der Waals surface area (Å²) >= 11 is 0. The van der Waals surface area contributed by atoms with Gasteiger partial charge in [0.2, 0.25) is 0 Å². The van der Waals surface area contributed by atoms with Gasteiger partial charge in [0.15, 0.2) is 0 Å². The molecule has 0 aromatic heterocycles. The third kappa shape index (κ3) is 2.21. The van der Waals surface area contributed by atoms with Crippen LogP contribution in [0.25, 0.3) is 0 Å². The maximum Gasteiger partial charge on any atom is 0.0359 e. The second-order valence-corrected chi connectivity index (χ2v) is 5.66. The predicted molar refractivity (Wildman–Crippen MR) is 66.9 cm³/mol. The molecule has 2 nitrogen and oxygen atoms in total. The Morgan fingerprint density at radius 1 is 1.20 bits per heavy atom. The minimum Gasteiger partial charge on any atom is -0.329 e. The summed E-state index contributed by atoms with van der Waals surface area (Å²) in [6.45, 7) is 10.0. The molecule has 2 N–H and O–H groups in total. The summed E-state index contributed by atoms with van der Waals surface area (Å²) in [5.41, 5.74) is 6.58. The Kier molecular flexibility index (Phi) is 3.83. The molecule has 2 heteroatoms. The Balaban J connectivity index is 2.88. The van der Waals surface area contributed by atoms with E-state index in [-0.39, 0.29) is 11.1 Å². The maximum absolute atomic E-state index is 6.07. The molecule has 1 aliphatic rings. The van der Waals surface area contributed by atoms with Gasteiger partial charge in [0.05, 0.1) is 0 Å². The third-order valence-electron chi connectivity index (χ3n) is 4.74. The highest BCUT2D eigenvalue weighted by Crippen LogP contribution is 2.46. The lowest BCUT2D eigenvalue weighted by atomic mass is 9.83. The van der Waals surface area contributed by atoms with Gasteiger partial charge < -0.3 is 5.73 Å². The second-order valence-electron chi connectivity index (χ2n) is 5.66. The molecule has 1 fully saturated rings. The van der Waals surface area contributed by atoms with Crippen LogP contribution in [-0.4, -0.2) is 29.6 Å². The van der Waals surface area contributed by atoms with Crippen LogP contribution in [0.15, 0.2) is 0 Å². The minimum atomic E-state index is 0.250. The van der Waals surface area contributed by atoms with Gasteiger partial charge in [0, 0.05) is 17.6 Å². The smallest absolute Gasteiger partial charge is 0.0359 e. The van der Waals surface area contributed by atoms with Gasteiger partial charge in [-0.15, -0.1) is 0 Å². The fourth-order valence-corrected chi connectivity index (χ4v) is 2.71. The molecule has 0 aromatic rings. The number of hydrogen-bond donors (Lipinski definition) is 1. The molecule has 1 saturated carbocycles. The molecule has 1 rings (SSSR count). The summed E-state index contributed by atoms with van der Waals surface area (Å²) in [6, 6.07) is 0. The summed E-state index contributed by atoms with van der Waals surface area (Å²) in [5, 5.41) is 0. The van der Waals surface area contributed by atoms with E-state index in [9.17, 15) is 0 Å². The lowest BCUT2D eigenvalue weighted by molar-refractivity contribution is 0.00531. The summed E-state index contributed by atoms with van der Waals surface area (Å²) in [6.07, 6.45) is 5.09. The summed E-state index contributed by atoms with van der Waals surface area (Å²) in [4.78, 5) is 2.55. The summed E-state index contributed by atoms with van der Waals surface area (Å²) in [5.74, 6) is 0.836. The van der Waals surface area contributed by atoms with E-state index in [4.69, 9.17) is 5.73 Å². The fraction of sp³-hybridized carbons (Fsp3) is 1.00. The first-order valence-corrected chi connectivity index (χ1v) is 6.38. The largest absolute Gasteiger partial charge is 0.329 e. The minimum absolute atomic E-state index is 0.250. The molecule has 1 aliphatic carbocycles. The zero-order valence-electron chi connectivity index (χ0n) is 11.1. The second kappa shape index (κ2) is 4.42. The van der Waals surface area contributed by atoms with E-state index < -0.39 is 0 Å². The molecule has 1 unspecified atom stereocenters. The van der Waals surface area contributed by atoms with Crippen LogP contribution in [0.3, 0.4) is 0 Å². The Morgan fingerprint density at radius 3 is 2.00 bits per heavy atom. The molecule has 0 bridgehead atoms. The molecule has 0 radical (unpaired) electrons. The average Bonchev–Trinajstić information content (AvgIpc) is 3.05. The average molecular weight is 212 g/mol. The highest BCUT2D eigenvalue weighted by Gasteiger charge is 2.48. The standard InChI is InChI=1S/C13H28N2/c1-6-12(3,4)15(5)13(7-2,10-14)11-8-9-11/h11H,6-10,14H2,1-5H3. The number of nitrogens with zero attached hydrogens (tertiary/aromatic N) is 1. The van der Waals surface area contributed by atoms with E-state index in [1.807, 2.05) is 0 Å². The Bertz CT molecular complexity index is 203. The van der Waals surface area contributed by atoms with Crippen molar-refractivity contribution in [2.45, 2.75) is 64.5 Å². The van der Waals surface area contributed by atoms with Crippen molar-refractivity contribution in [1.29, 1.82) is 0 Å². The van der Waals surface area contributed by atoms with Crippen molar-refractivity contribution in [3.8, 4) is 0 Å². The van der Waals surface area contributed by atoms with Crippen LogP contribution < -0.4 is 5.73 Å². The van der Waals surface area contributed by atoms with Crippen molar-refractivity contribution in [3.05, 3.63) is 0 Å². The van der Waals surface area contributed by atoms with Crippen molar-refractivity contribution < 1.29 is 0 Å². The molecule has 1 atom stereocenters. The molecular weight excluding hydrogens is 184 g/mol. The predicted octanol–water partition coefficient (Wildman–Crippen LogP) is 2.62. The number of likely N-dealkylation sites (N-methyl/N-ethyl adjacent to an activating group) is 1. The van der Waals surface area contributed by atoms with Gasteiger partial charge in [0.25, 0.3) is 0 Å². The van der Waals surface area contributed by atoms with Crippen molar-refractivity contribution in [1.82, 2.24) is 4.90 Å². The van der Waals surface area contributed by atoms with Crippen molar-refractivity contribution in [3.63, 3.8) is 0 Å². The van der Waals surface area contributed by atoms with Crippen LogP contribution in [0.2, 0.25) is 0 Å². The molecule has 90 valence electrons. The number of hydrogen-bond acceptors (Lipinski definition) is 2. The molecule has 0 amide bonds. The number of nitrogens with two attached hydrogens (primary N) is 1. The summed E-state index contributed by atoms with van der Waals surface area (Å²) < 4.78 is 0. The van der Waals surface area contributed by atoms with Crippen LogP contribution in [0.5, 0.6) is 0 Å². The Morgan fingerprint density at radius 2 is 1.73 bits per heavy atom. The van der Waals surface area contributed by atoms with E-state index in [0.29, 0.717) is 0 Å². The maximum atomic E-state index is 6.07. The highest BCUT2D eigenvalue weighted by molar-refractivity contribution is 5.05. The van der Waals surface area contributed by atoms with Crippen LogP contribution >= 0.6 is 0 Å². The number of rotatable bonds is 6. The third-order valence-corrected chi connectivity index (χ3v) is 4.74. The molecule has 0 aliphatic heterocycles. The van der Waals surface area contributed by atoms with E-state index >= 15 is 0 Å². The first-order valence-electron chi connectivity index (χ1n) is 6.38.